The molecule has 4 rings (SSSR count). The van der Waals surface area contributed by atoms with Crippen LogP contribution in [0.1, 0.15) is 67.0 Å². The van der Waals surface area contributed by atoms with E-state index in [9.17, 15) is 49.1 Å². The molecule has 1 aliphatic carbocycles. The van der Waals surface area contributed by atoms with Crippen molar-refractivity contribution in [3.8, 4) is 0 Å². The number of benzene rings is 2. The van der Waals surface area contributed by atoms with Crippen LogP contribution in [-0.2, 0) is 34.5 Å². The van der Waals surface area contributed by atoms with Gasteiger partial charge in [-0.2, -0.15) is 39.5 Å². The molecule has 6 nitrogen and oxygen atoms in total. The van der Waals surface area contributed by atoms with Crippen molar-refractivity contribution in [1.82, 2.24) is 4.90 Å². The number of anilines is 1. The van der Waals surface area contributed by atoms with Gasteiger partial charge in [0.15, 0.2) is 5.60 Å². The molecule has 1 aliphatic heterocycles. The monoisotopic (exact) mass is 742 g/mol. The van der Waals surface area contributed by atoms with Crippen LogP contribution in [0.15, 0.2) is 36.4 Å². The average molecular weight is 744 g/mol. The molecule has 18 heteroatoms. The summed E-state index contributed by atoms with van der Waals surface area (Å²) in [6.07, 6.45) is -16.9. The number of ether oxygens (including phenoxy) is 2. The highest BCUT2D eigenvalue weighted by atomic mass is 35.6. The minimum Gasteiger partial charge on any atom is -0.453 e. The zero-order valence-electron chi connectivity index (χ0n) is 24.6. The lowest BCUT2D eigenvalue weighted by Crippen LogP contribution is -2.53. The molecule has 2 aromatic rings. The van der Waals surface area contributed by atoms with Crippen LogP contribution < -0.4 is 4.90 Å². The summed E-state index contributed by atoms with van der Waals surface area (Å²) in [5, 5.41) is 0. The van der Waals surface area contributed by atoms with Crippen molar-refractivity contribution in [2.75, 3.05) is 12.0 Å². The third-order valence-electron chi connectivity index (χ3n) is 7.94. The maximum absolute atomic E-state index is 13.9. The smallest absolute Gasteiger partial charge is 0.416 e. The van der Waals surface area contributed by atoms with Crippen LogP contribution in [-0.4, -0.2) is 39.6 Å². The van der Waals surface area contributed by atoms with Crippen molar-refractivity contribution in [2.45, 2.75) is 79.7 Å². The summed E-state index contributed by atoms with van der Waals surface area (Å²) in [5.74, 6) is -0.263. The van der Waals surface area contributed by atoms with Crippen molar-refractivity contribution in [1.29, 1.82) is 0 Å². The van der Waals surface area contributed by atoms with Gasteiger partial charge in [0.05, 0.1) is 35.5 Å². The molecule has 47 heavy (non-hydrogen) atoms. The molecular weight excluding hydrogens is 718 g/mol. The predicted molar refractivity (Wildman–Crippen MR) is 153 cm³/mol. The first kappa shape index (κ1) is 37.0. The maximum Gasteiger partial charge on any atom is 0.416 e. The minimum atomic E-state index is -5.20. The van der Waals surface area contributed by atoms with Gasteiger partial charge in [0.25, 0.3) is 0 Å². The number of hydrogen-bond donors (Lipinski definition) is 0. The maximum atomic E-state index is 13.9. The number of carbonyl (C=O) groups excluding carboxylic acids is 2. The Bertz CT molecular complexity index is 1490. The van der Waals surface area contributed by atoms with E-state index in [0.717, 1.165) is 23.0 Å². The first-order chi connectivity index (χ1) is 21.3. The van der Waals surface area contributed by atoms with Crippen LogP contribution in [0.2, 0.25) is 0 Å². The number of nitrogens with zero attached hydrogens (tertiary/aromatic N) is 2. The topological polar surface area (TPSA) is 59.1 Å². The Labute approximate surface area is 277 Å². The number of methoxy groups -OCH3 is 1. The van der Waals surface area contributed by atoms with Gasteiger partial charge in [0, 0.05) is 12.6 Å². The van der Waals surface area contributed by atoms with Crippen molar-refractivity contribution in [2.24, 2.45) is 5.92 Å². The fourth-order valence-electron chi connectivity index (χ4n) is 5.32. The summed E-state index contributed by atoms with van der Waals surface area (Å²) < 4.78 is 132. The number of alkyl halides is 12. The number of fused-ring (bicyclic) bond motifs is 1. The standard InChI is InChI=1S/C29H26Cl3F9N2O4/c1-25(2,29(30,31)32)47-24(45)43-20-7-6-16(26(33,34)35)11-19(20)22(12-21(43)15-4-5-15)42(23(44)46-3)13-14-8-17(27(36,37)38)10-18(9-14)28(39,40)41/h6-11,15,21-22H,4-5,12-13H2,1-3H3/t21-,22-/m1/s1. The molecule has 2 aliphatic rings. The summed E-state index contributed by atoms with van der Waals surface area (Å²) in [6, 6.07) is 0.724. The van der Waals surface area contributed by atoms with Crippen LogP contribution in [0.25, 0.3) is 0 Å². The summed E-state index contributed by atoms with van der Waals surface area (Å²) in [7, 11) is 0.888. The van der Waals surface area contributed by atoms with E-state index in [2.05, 4.69) is 0 Å². The van der Waals surface area contributed by atoms with Crippen LogP contribution in [0.4, 0.5) is 54.8 Å². The van der Waals surface area contributed by atoms with Gasteiger partial charge in [-0.05, 0) is 86.6 Å². The van der Waals surface area contributed by atoms with Crippen LogP contribution in [0.3, 0.4) is 0 Å². The number of amides is 2. The Morgan fingerprint density at radius 3 is 1.83 bits per heavy atom. The highest BCUT2D eigenvalue weighted by molar-refractivity contribution is 6.68. The molecule has 0 aromatic heterocycles. The molecule has 2 atom stereocenters. The molecule has 0 bridgehead atoms. The van der Waals surface area contributed by atoms with Gasteiger partial charge >= 0.3 is 30.7 Å². The summed E-state index contributed by atoms with van der Waals surface area (Å²) in [4.78, 5) is 28.6. The second-order valence-corrected chi connectivity index (χ2v) is 14.0. The Morgan fingerprint density at radius 1 is 0.851 bits per heavy atom. The van der Waals surface area contributed by atoms with Crippen molar-refractivity contribution >= 4 is 52.7 Å². The molecule has 0 spiro atoms. The summed E-state index contributed by atoms with van der Waals surface area (Å²) in [5.41, 5.74) is -7.35. The van der Waals surface area contributed by atoms with E-state index in [1.165, 1.54) is 13.8 Å². The van der Waals surface area contributed by atoms with E-state index in [0.29, 0.717) is 37.1 Å². The van der Waals surface area contributed by atoms with E-state index < -0.39 is 81.0 Å². The van der Waals surface area contributed by atoms with E-state index in [1.807, 2.05) is 0 Å². The Balaban J connectivity index is 1.89. The lowest BCUT2D eigenvalue weighted by Gasteiger charge is -2.45. The number of halogens is 12. The SMILES string of the molecule is COC(=O)N(Cc1cc(C(F)(F)F)cc(C(F)(F)F)c1)[C@@H]1C[C@H](C2CC2)N(C(=O)OC(C)(C)C(Cl)(Cl)Cl)c2ccc(C(F)(F)F)cc21. The largest absolute Gasteiger partial charge is 0.453 e. The van der Waals surface area contributed by atoms with Gasteiger partial charge < -0.3 is 9.47 Å². The van der Waals surface area contributed by atoms with Crippen molar-refractivity contribution in [3.63, 3.8) is 0 Å². The molecule has 260 valence electrons. The van der Waals surface area contributed by atoms with Crippen LogP contribution in [0.5, 0.6) is 0 Å². The van der Waals surface area contributed by atoms with Gasteiger partial charge in [0.2, 0.25) is 3.79 Å². The zero-order chi connectivity index (χ0) is 35.5. The first-order valence-corrected chi connectivity index (χ1v) is 14.9. The molecule has 2 aromatic carbocycles. The van der Waals surface area contributed by atoms with Gasteiger partial charge in [-0.3, -0.25) is 9.80 Å². The molecular formula is C29H26Cl3F9N2O4. The quantitative estimate of drug-likeness (QED) is 0.226. The average Bonchev–Trinajstić information content (AvgIpc) is 3.77. The van der Waals surface area contributed by atoms with Crippen molar-refractivity contribution in [3.05, 3.63) is 64.2 Å². The van der Waals surface area contributed by atoms with Gasteiger partial charge in [-0.15, -0.1) is 0 Å². The van der Waals surface area contributed by atoms with E-state index in [1.54, 1.807) is 0 Å². The Morgan fingerprint density at radius 2 is 1.38 bits per heavy atom. The zero-order valence-corrected chi connectivity index (χ0v) is 26.9. The third kappa shape index (κ3) is 8.10. The van der Waals surface area contributed by atoms with Crippen LogP contribution in [0, 0.1) is 5.92 Å². The fraction of sp³-hybridized carbons (Fsp3) is 0.517. The van der Waals surface area contributed by atoms with E-state index in [-0.39, 0.29) is 29.7 Å². The Hall–Kier alpha value is -2.78. The van der Waals surface area contributed by atoms with E-state index in [4.69, 9.17) is 44.3 Å². The number of rotatable bonds is 5. The molecule has 0 saturated heterocycles. The normalized spacial score (nSPS) is 19.3. The lowest BCUT2D eigenvalue weighted by atomic mass is 9.86. The van der Waals surface area contributed by atoms with E-state index >= 15 is 0 Å². The molecule has 0 radical (unpaired) electrons. The minimum absolute atomic E-state index is 0.0944. The van der Waals surface area contributed by atoms with Crippen LogP contribution >= 0.6 is 34.8 Å². The molecule has 1 fully saturated rings. The van der Waals surface area contributed by atoms with Gasteiger partial charge in [-0.25, -0.2) is 9.59 Å². The Kier molecular flexibility index (Phi) is 9.92. The fourth-order valence-corrected chi connectivity index (χ4v) is 5.44. The summed E-state index contributed by atoms with van der Waals surface area (Å²) >= 11 is 17.9. The number of hydrogen-bond acceptors (Lipinski definition) is 4. The predicted octanol–water partition coefficient (Wildman–Crippen LogP) is 10.3. The second-order valence-electron chi connectivity index (χ2n) is 11.7. The van der Waals surface area contributed by atoms with Crippen molar-refractivity contribution < 1.29 is 58.6 Å². The molecule has 1 saturated carbocycles. The summed E-state index contributed by atoms with van der Waals surface area (Å²) in [6.45, 7) is 1.64. The molecule has 0 unspecified atom stereocenters. The van der Waals surface area contributed by atoms with Gasteiger partial charge in [0.1, 0.15) is 0 Å². The molecule has 1 heterocycles. The molecule has 2 amide bonds. The van der Waals surface area contributed by atoms with Gasteiger partial charge in [-0.1, -0.05) is 34.8 Å². The lowest BCUT2D eigenvalue weighted by molar-refractivity contribution is -0.143. The second kappa shape index (κ2) is 12.6. The highest BCUT2D eigenvalue weighted by Gasteiger charge is 2.51. The third-order valence-corrected chi connectivity index (χ3v) is 9.31. The number of carbonyl (C=O) groups is 2. The first-order valence-electron chi connectivity index (χ1n) is 13.8. The highest BCUT2D eigenvalue weighted by Crippen LogP contribution is 2.51. The molecule has 0 N–H and O–H groups in total.